The van der Waals surface area contributed by atoms with Crippen molar-refractivity contribution in [3.63, 3.8) is 0 Å². The van der Waals surface area contributed by atoms with Crippen LogP contribution in [-0.2, 0) is 4.74 Å². The van der Waals surface area contributed by atoms with Crippen molar-refractivity contribution in [2.24, 2.45) is 4.99 Å². The number of nitrogens with zero attached hydrogens (tertiary/aromatic N) is 2. The Balaban J connectivity index is 1.99. The average Bonchev–Trinajstić information content (AvgIpc) is 2.65. The number of benzene rings is 1. The standard InChI is InChI=1S/C15H16N2O3/c1-20-13-12(8-4-5-9-16-13)17-14(18)10-6-2-3-7-11(10)15(17)19/h2-3,6-7,12H,4-5,8-9H2,1H3. The molecular formula is C15H16N2O3. The summed E-state index contributed by atoms with van der Waals surface area (Å²) in [6, 6.07) is 6.54. The van der Waals surface area contributed by atoms with Gasteiger partial charge in [0, 0.05) is 6.54 Å². The quantitative estimate of drug-likeness (QED) is 0.733. The molecule has 2 aliphatic heterocycles. The lowest BCUT2D eigenvalue weighted by atomic mass is 10.1. The first-order chi connectivity index (χ1) is 9.74. The van der Waals surface area contributed by atoms with Crippen molar-refractivity contribution >= 4 is 17.7 Å². The summed E-state index contributed by atoms with van der Waals surface area (Å²) in [5.74, 6) is -0.0125. The highest BCUT2D eigenvalue weighted by Crippen LogP contribution is 2.27. The van der Waals surface area contributed by atoms with E-state index in [1.807, 2.05) is 0 Å². The zero-order valence-electron chi connectivity index (χ0n) is 11.3. The van der Waals surface area contributed by atoms with Crippen molar-refractivity contribution in [1.82, 2.24) is 4.90 Å². The molecule has 5 heteroatoms. The molecule has 1 unspecified atom stereocenters. The lowest BCUT2D eigenvalue weighted by Crippen LogP contribution is -2.45. The number of amides is 2. The van der Waals surface area contributed by atoms with Crippen LogP contribution >= 0.6 is 0 Å². The molecule has 1 aromatic rings. The van der Waals surface area contributed by atoms with Crippen LogP contribution in [0.15, 0.2) is 29.3 Å². The molecule has 1 aromatic carbocycles. The smallest absolute Gasteiger partial charge is 0.262 e. The summed E-state index contributed by atoms with van der Waals surface area (Å²) in [6.07, 6.45) is 2.58. The van der Waals surface area contributed by atoms with Gasteiger partial charge in [0.05, 0.1) is 18.2 Å². The highest BCUT2D eigenvalue weighted by atomic mass is 16.5. The van der Waals surface area contributed by atoms with Gasteiger partial charge in [0.1, 0.15) is 6.04 Å². The SMILES string of the molecule is COC1=NCCCCC1N1C(=O)c2ccccc2C1=O. The molecule has 104 valence electrons. The summed E-state index contributed by atoms with van der Waals surface area (Å²) in [5, 5.41) is 0. The predicted molar refractivity (Wildman–Crippen MR) is 73.9 cm³/mol. The number of hydrogen-bond donors (Lipinski definition) is 0. The van der Waals surface area contributed by atoms with E-state index in [1.165, 1.54) is 12.0 Å². The van der Waals surface area contributed by atoms with Crippen molar-refractivity contribution in [3.05, 3.63) is 35.4 Å². The van der Waals surface area contributed by atoms with Crippen LogP contribution < -0.4 is 0 Å². The molecule has 2 amide bonds. The monoisotopic (exact) mass is 272 g/mol. The molecule has 0 aromatic heterocycles. The number of hydrogen-bond acceptors (Lipinski definition) is 4. The fraction of sp³-hybridized carbons (Fsp3) is 0.400. The second kappa shape index (κ2) is 5.07. The topological polar surface area (TPSA) is 59.0 Å². The van der Waals surface area contributed by atoms with Crippen LogP contribution in [-0.4, -0.2) is 42.3 Å². The van der Waals surface area contributed by atoms with Gasteiger partial charge in [-0.1, -0.05) is 12.1 Å². The molecule has 0 radical (unpaired) electrons. The fourth-order valence-corrected chi connectivity index (χ4v) is 2.80. The number of carbonyl (C=O) groups excluding carboxylic acids is 2. The van der Waals surface area contributed by atoms with Gasteiger partial charge in [0.25, 0.3) is 11.8 Å². The number of methoxy groups -OCH3 is 1. The Morgan fingerprint density at radius 1 is 1.15 bits per heavy atom. The van der Waals surface area contributed by atoms with Gasteiger partial charge >= 0.3 is 0 Å². The third-order valence-corrected chi connectivity index (χ3v) is 3.78. The number of aliphatic imine (C=N–C) groups is 1. The van der Waals surface area contributed by atoms with Gasteiger partial charge in [0.15, 0.2) is 0 Å². The molecular weight excluding hydrogens is 256 g/mol. The predicted octanol–water partition coefficient (Wildman–Crippen LogP) is 1.88. The van der Waals surface area contributed by atoms with E-state index >= 15 is 0 Å². The number of fused-ring (bicyclic) bond motifs is 1. The van der Waals surface area contributed by atoms with Crippen molar-refractivity contribution < 1.29 is 14.3 Å². The summed E-state index contributed by atoms with van der Waals surface area (Å²) < 4.78 is 5.30. The Hall–Kier alpha value is -2.17. The Bertz CT molecular complexity index is 560. The van der Waals surface area contributed by atoms with E-state index in [0.717, 1.165) is 12.8 Å². The minimum absolute atomic E-state index is 0.248. The van der Waals surface area contributed by atoms with E-state index in [-0.39, 0.29) is 17.9 Å². The normalized spacial score (nSPS) is 22.4. The highest BCUT2D eigenvalue weighted by Gasteiger charge is 2.42. The van der Waals surface area contributed by atoms with Gasteiger partial charge in [-0.2, -0.15) is 0 Å². The van der Waals surface area contributed by atoms with E-state index in [2.05, 4.69) is 4.99 Å². The summed E-state index contributed by atoms with van der Waals surface area (Å²) in [5.41, 5.74) is 0.939. The Morgan fingerprint density at radius 2 is 1.80 bits per heavy atom. The van der Waals surface area contributed by atoms with Crippen molar-refractivity contribution in [2.75, 3.05) is 13.7 Å². The molecule has 0 aliphatic carbocycles. The minimum Gasteiger partial charge on any atom is -0.483 e. The van der Waals surface area contributed by atoms with Crippen LogP contribution in [0.2, 0.25) is 0 Å². The number of ether oxygens (including phenoxy) is 1. The molecule has 5 nitrogen and oxygen atoms in total. The fourth-order valence-electron chi connectivity index (χ4n) is 2.80. The highest BCUT2D eigenvalue weighted by molar-refractivity contribution is 6.22. The maximum absolute atomic E-state index is 12.5. The van der Waals surface area contributed by atoms with Gasteiger partial charge < -0.3 is 4.74 Å². The Labute approximate surface area is 117 Å². The van der Waals surface area contributed by atoms with Crippen molar-refractivity contribution in [1.29, 1.82) is 0 Å². The zero-order chi connectivity index (χ0) is 14.1. The van der Waals surface area contributed by atoms with Crippen LogP contribution in [0.4, 0.5) is 0 Å². The van der Waals surface area contributed by atoms with Gasteiger partial charge in [-0.05, 0) is 31.4 Å². The van der Waals surface area contributed by atoms with E-state index in [4.69, 9.17) is 4.74 Å². The largest absolute Gasteiger partial charge is 0.483 e. The molecule has 1 atom stereocenters. The number of rotatable bonds is 1. The van der Waals surface area contributed by atoms with E-state index in [1.54, 1.807) is 24.3 Å². The van der Waals surface area contributed by atoms with Crippen LogP contribution in [0, 0.1) is 0 Å². The van der Waals surface area contributed by atoms with Gasteiger partial charge in [0.2, 0.25) is 5.90 Å². The lowest BCUT2D eigenvalue weighted by Gasteiger charge is -2.25. The maximum Gasteiger partial charge on any atom is 0.262 e. The van der Waals surface area contributed by atoms with Crippen molar-refractivity contribution in [2.45, 2.75) is 25.3 Å². The lowest BCUT2D eigenvalue weighted by molar-refractivity contribution is 0.0606. The molecule has 0 N–H and O–H groups in total. The molecule has 0 spiro atoms. The number of imide groups is 1. The first kappa shape index (κ1) is 12.8. The van der Waals surface area contributed by atoms with Crippen LogP contribution in [0.5, 0.6) is 0 Å². The average molecular weight is 272 g/mol. The molecule has 0 fully saturated rings. The first-order valence-corrected chi connectivity index (χ1v) is 6.79. The first-order valence-electron chi connectivity index (χ1n) is 6.79. The van der Waals surface area contributed by atoms with Crippen molar-refractivity contribution in [3.8, 4) is 0 Å². The molecule has 0 saturated heterocycles. The second-order valence-corrected chi connectivity index (χ2v) is 4.96. The summed E-state index contributed by atoms with van der Waals surface area (Å²) in [4.78, 5) is 30.6. The maximum atomic E-state index is 12.5. The van der Waals surface area contributed by atoms with Crippen LogP contribution in [0.1, 0.15) is 40.0 Å². The summed E-state index contributed by atoms with van der Waals surface area (Å²) in [6.45, 7) is 0.683. The van der Waals surface area contributed by atoms with Gasteiger partial charge in [-0.25, -0.2) is 0 Å². The third-order valence-electron chi connectivity index (χ3n) is 3.78. The molecule has 2 heterocycles. The Morgan fingerprint density at radius 3 is 2.40 bits per heavy atom. The molecule has 0 bridgehead atoms. The van der Waals surface area contributed by atoms with Gasteiger partial charge in [-0.3, -0.25) is 19.5 Å². The zero-order valence-corrected chi connectivity index (χ0v) is 11.3. The van der Waals surface area contributed by atoms with E-state index < -0.39 is 0 Å². The minimum atomic E-state index is -0.380. The van der Waals surface area contributed by atoms with E-state index in [0.29, 0.717) is 30.0 Å². The molecule has 3 rings (SSSR count). The second-order valence-electron chi connectivity index (χ2n) is 4.96. The summed E-state index contributed by atoms with van der Waals surface area (Å²) in [7, 11) is 1.54. The molecule has 0 saturated carbocycles. The number of carbonyl (C=O) groups is 2. The third kappa shape index (κ3) is 1.90. The Kier molecular flexibility index (Phi) is 3.26. The van der Waals surface area contributed by atoms with Crippen LogP contribution in [0.25, 0.3) is 0 Å². The molecule has 20 heavy (non-hydrogen) atoms. The van der Waals surface area contributed by atoms with Gasteiger partial charge in [-0.15, -0.1) is 0 Å². The van der Waals surface area contributed by atoms with E-state index in [9.17, 15) is 9.59 Å². The molecule has 2 aliphatic rings. The summed E-state index contributed by atoms with van der Waals surface area (Å²) >= 11 is 0. The van der Waals surface area contributed by atoms with Crippen LogP contribution in [0.3, 0.4) is 0 Å².